The van der Waals surface area contributed by atoms with Crippen molar-refractivity contribution in [2.24, 2.45) is 0 Å². The molecule has 1 aromatic rings. The molecule has 0 unspecified atom stereocenters. The largest absolute Gasteiger partial charge is 0.396 e. The SMILES string of the molecule is O=C(/C=C/c1ccc(Br)cc1)N(CCCO)C1CCC1. The number of benzene rings is 1. The lowest BCUT2D eigenvalue weighted by Crippen LogP contribution is -2.44. The minimum atomic E-state index is 0.0473. The maximum absolute atomic E-state index is 12.3. The van der Waals surface area contributed by atoms with Gasteiger partial charge in [0.2, 0.25) is 5.91 Å². The molecule has 0 spiro atoms. The minimum absolute atomic E-state index is 0.0473. The van der Waals surface area contributed by atoms with Gasteiger partial charge in [0.1, 0.15) is 0 Å². The highest BCUT2D eigenvalue weighted by Gasteiger charge is 2.26. The Balaban J connectivity index is 1.97. The van der Waals surface area contributed by atoms with E-state index >= 15 is 0 Å². The van der Waals surface area contributed by atoms with E-state index in [9.17, 15) is 4.79 Å². The molecule has 20 heavy (non-hydrogen) atoms. The summed E-state index contributed by atoms with van der Waals surface area (Å²) in [6.07, 6.45) is 7.50. The number of aliphatic hydroxyl groups excluding tert-OH is 1. The van der Waals surface area contributed by atoms with Crippen molar-refractivity contribution < 1.29 is 9.90 Å². The number of amides is 1. The summed E-state index contributed by atoms with van der Waals surface area (Å²) in [6.45, 7) is 0.775. The summed E-state index contributed by atoms with van der Waals surface area (Å²) >= 11 is 3.39. The van der Waals surface area contributed by atoms with E-state index in [0.717, 1.165) is 22.9 Å². The van der Waals surface area contributed by atoms with Crippen LogP contribution in [-0.4, -0.2) is 35.1 Å². The quantitative estimate of drug-likeness (QED) is 0.809. The Hall–Kier alpha value is -1.13. The molecule has 1 aliphatic rings. The molecule has 0 saturated heterocycles. The zero-order valence-electron chi connectivity index (χ0n) is 11.5. The lowest BCUT2D eigenvalue weighted by Gasteiger charge is -2.37. The van der Waals surface area contributed by atoms with Crippen LogP contribution in [0.25, 0.3) is 6.08 Å². The average molecular weight is 338 g/mol. The first-order chi connectivity index (χ1) is 9.70. The molecule has 108 valence electrons. The normalized spacial score (nSPS) is 15.3. The van der Waals surface area contributed by atoms with E-state index in [1.54, 1.807) is 6.08 Å². The highest BCUT2D eigenvalue weighted by molar-refractivity contribution is 9.10. The van der Waals surface area contributed by atoms with Gasteiger partial charge in [-0.15, -0.1) is 0 Å². The van der Waals surface area contributed by atoms with Crippen LogP contribution in [0.3, 0.4) is 0 Å². The van der Waals surface area contributed by atoms with E-state index < -0.39 is 0 Å². The summed E-state index contributed by atoms with van der Waals surface area (Å²) in [5.41, 5.74) is 1.01. The zero-order valence-corrected chi connectivity index (χ0v) is 13.1. The van der Waals surface area contributed by atoms with Gasteiger partial charge in [0.25, 0.3) is 0 Å². The molecule has 3 nitrogen and oxygen atoms in total. The third-order valence-electron chi connectivity index (χ3n) is 3.64. The Labute approximate surface area is 128 Å². The first-order valence-electron chi connectivity index (χ1n) is 7.06. The highest BCUT2D eigenvalue weighted by Crippen LogP contribution is 2.25. The van der Waals surface area contributed by atoms with Crippen LogP contribution in [0.5, 0.6) is 0 Å². The van der Waals surface area contributed by atoms with Crippen LogP contribution in [0.2, 0.25) is 0 Å². The van der Waals surface area contributed by atoms with Crippen LogP contribution < -0.4 is 0 Å². The van der Waals surface area contributed by atoms with Gasteiger partial charge in [-0.05, 0) is 49.5 Å². The van der Waals surface area contributed by atoms with Gasteiger partial charge in [0.15, 0.2) is 0 Å². The topological polar surface area (TPSA) is 40.5 Å². The number of carbonyl (C=O) groups excluding carboxylic acids is 1. The summed E-state index contributed by atoms with van der Waals surface area (Å²) < 4.78 is 1.03. The number of hydrogen-bond donors (Lipinski definition) is 1. The second-order valence-corrected chi connectivity index (χ2v) is 5.99. The van der Waals surface area contributed by atoms with Gasteiger partial charge in [-0.25, -0.2) is 0 Å². The fraction of sp³-hybridized carbons (Fsp3) is 0.438. The third kappa shape index (κ3) is 4.18. The molecule has 2 rings (SSSR count). The molecule has 0 radical (unpaired) electrons. The predicted octanol–water partition coefficient (Wildman–Crippen LogP) is 3.23. The fourth-order valence-electron chi connectivity index (χ4n) is 2.25. The molecule has 1 aliphatic carbocycles. The van der Waals surface area contributed by atoms with Crippen molar-refractivity contribution in [2.45, 2.75) is 31.7 Å². The lowest BCUT2D eigenvalue weighted by molar-refractivity contribution is -0.130. The summed E-state index contributed by atoms with van der Waals surface area (Å²) in [4.78, 5) is 14.2. The van der Waals surface area contributed by atoms with Gasteiger partial charge >= 0.3 is 0 Å². The van der Waals surface area contributed by atoms with E-state index in [1.807, 2.05) is 35.2 Å². The number of nitrogens with zero attached hydrogens (tertiary/aromatic N) is 1. The molecular formula is C16H20BrNO2. The second kappa shape index (κ2) is 7.60. The smallest absolute Gasteiger partial charge is 0.246 e. The summed E-state index contributed by atoms with van der Waals surface area (Å²) in [5.74, 6) is 0.0473. The van der Waals surface area contributed by atoms with Gasteiger partial charge < -0.3 is 10.0 Å². The number of halogens is 1. The van der Waals surface area contributed by atoms with Crippen LogP contribution in [0.1, 0.15) is 31.2 Å². The third-order valence-corrected chi connectivity index (χ3v) is 4.17. The van der Waals surface area contributed by atoms with Crippen LogP contribution in [0.15, 0.2) is 34.8 Å². The second-order valence-electron chi connectivity index (χ2n) is 5.08. The van der Waals surface area contributed by atoms with E-state index in [-0.39, 0.29) is 12.5 Å². The van der Waals surface area contributed by atoms with Gasteiger partial charge in [-0.1, -0.05) is 28.1 Å². The van der Waals surface area contributed by atoms with Crippen LogP contribution in [0.4, 0.5) is 0 Å². The van der Waals surface area contributed by atoms with Crippen molar-refractivity contribution in [3.63, 3.8) is 0 Å². The zero-order chi connectivity index (χ0) is 14.4. The average Bonchev–Trinajstić information content (AvgIpc) is 2.40. The molecule has 1 saturated carbocycles. The summed E-state index contributed by atoms with van der Waals surface area (Å²) in [6, 6.07) is 8.22. The van der Waals surface area contributed by atoms with Crippen molar-refractivity contribution in [1.82, 2.24) is 4.90 Å². The lowest BCUT2D eigenvalue weighted by atomic mass is 9.91. The summed E-state index contributed by atoms with van der Waals surface area (Å²) in [7, 11) is 0. The number of rotatable bonds is 6. The molecule has 0 bridgehead atoms. The first kappa shape index (κ1) is 15.3. The standard InChI is InChI=1S/C16H20BrNO2/c17-14-8-5-13(6-9-14)7-10-16(20)18(11-2-12-19)15-3-1-4-15/h5-10,15,19H,1-4,11-12H2/b10-7+. The molecule has 0 aliphatic heterocycles. The molecule has 0 aromatic heterocycles. The first-order valence-corrected chi connectivity index (χ1v) is 7.85. The van der Waals surface area contributed by atoms with Crippen LogP contribution in [0, 0.1) is 0 Å². The number of carbonyl (C=O) groups is 1. The Kier molecular flexibility index (Phi) is 5.80. The number of aliphatic hydroxyl groups is 1. The highest BCUT2D eigenvalue weighted by atomic mass is 79.9. The van der Waals surface area contributed by atoms with Gasteiger partial charge in [-0.2, -0.15) is 0 Å². The van der Waals surface area contributed by atoms with Crippen LogP contribution in [-0.2, 0) is 4.79 Å². The molecular weight excluding hydrogens is 318 g/mol. The monoisotopic (exact) mass is 337 g/mol. The van der Waals surface area contributed by atoms with E-state index in [0.29, 0.717) is 19.0 Å². The van der Waals surface area contributed by atoms with Crippen molar-refractivity contribution in [1.29, 1.82) is 0 Å². The predicted molar refractivity (Wildman–Crippen MR) is 84.2 cm³/mol. The molecule has 1 N–H and O–H groups in total. The Morgan fingerprint density at radius 1 is 1.35 bits per heavy atom. The molecule has 0 heterocycles. The summed E-state index contributed by atoms with van der Waals surface area (Å²) in [5, 5.41) is 8.94. The molecule has 0 atom stereocenters. The van der Waals surface area contributed by atoms with E-state index in [2.05, 4.69) is 15.9 Å². The minimum Gasteiger partial charge on any atom is -0.396 e. The van der Waals surface area contributed by atoms with E-state index in [1.165, 1.54) is 6.42 Å². The van der Waals surface area contributed by atoms with Gasteiger partial charge in [0, 0.05) is 29.7 Å². The fourth-order valence-corrected chi connectivity index (χ4v) is 2.51. The Morgan fingerprint density at radius 2 is 2.05 bits per heavy atom. The number of hydrogen-bond acceptors (Lipinski definition) is 2. The maximum atomic E-state index is 12.3. The Morgan fingerprint density at radius 3 is 2.60 bits per heavy atom. The molecule has 1 aromatic carbocycles. The van der Waals surface area contributed by atoms with Crippen LogP contribution >= 0.6 is 15.9 Å². The Bertz CT molecular complexity index is 466. The van der Waals surface area contributed by atoms with Gasteiger partial charge in [-0.3, -0.25) is 4.79 Å². The van der Waals surface area contributed by atoms with Crippen molar-refractivity contribution in [2.75, 3.05) is 13.2 Å². The molecule has 1 amide bonds. The van der Waals surface area contributed by atoms with Crippen molar-refractivity contribution in [3.8, 4) is 0 Å². The maximum Gasteiger partial charge on any atom is 0.246 e. The van der Waals surface area contributed by atoms with Gasteiger partial charge in [0.05, 0.1) is 0 Å². The van der Waals surface area contributed by atoms with Crippen molar-refractivity contribution in [3.05, 3.63) is 40.4 Å². The van der Waals surface area contributed by atoms with E-state index in [4.69, 9.17) is 5.11 Å². The van der Waals surface area contributed by atoms with Crippen molar-refractivity contribution >= 4 is 27.9 Å². The molecule has 1 fully saturated rings. The molecule has 4 heteroatoms.